The molecule has 7 nitrogen and oxygen atoms in total. The Labute approximate surface area is 208 Å². The van der Waals surface area contributed by atoms with Crippen molar-refractivity contribution < 1.29 is 28.6 Å². The van der Waals surface area contributed by atoms with E-state index < -0.39 is 23.5 Å². The smallest absolute Gasteiger partial charge is 0.294 e. The second kappa shape index (κ2) is 8.92. The number of amides is 1. The van der Waals surface area contributed by atoms with Crippen molar-refractivity contribution in [3.05, 3.63) is 101 Å². The molecule has 0 saturated heterocycles. The maximum atomic E-state index is 13.9. The number of furan rings is 1. The number of aliphatic hydroxyl groups is 1. The Kier molecular flexibility index (Phi) is 5.76. The molecule has 0 saturated carbocycles. The second-order valence-corrected chi connectivity index (χ2v) is 8.72. The number of hydrogen-bond donors (Lipinski definition) is 1. The number of para-hydroxylation sites is 1. The lowest BCUT2D eigenvalue weighted by Gasteiger charge is -2.28. The number of benzene rings is 3. The summed E-state index contributed by atoms with van der Waals surface area (Å²) in [6, 6.07) is 18.9. The maximum absolute atomic E-state index is 13.9. The highest BCUT2D eigenvalue weighted by Crippen LogP contribution is 2.44. The van der Waals surface area contributed by atoms with Crippen LogP contribution in [0.4, 0.5) is 5.69 Å². The molecular weight excluding hydrogens is 458 g/mol. The van der Waals surface area contributed by atoms with Crippen molar-refractivity contribution in [2.75, 3.05) is 19.1 Å². The van der Waals surface area contributed by atoms with Crippen LogP contribution in [0.25, 0.3) is 11.0 Å². The summed E-state index contributed by atoms with van der Waals surface area (Å²) < 4.78 is 16.6. The molecule has 0 bridgehead atoms. The summed E-state index contributed by atoms with van der Waals surface area (Å²) in [5, 5.41) is 11.8. The lowest BCUT2D eigenvalue weighted by molar-refractivity contribution is -0.117. The van der Waals surface area contributed by atoms with Crippen LogP contribution in [0.1, 0.15) is 33.3 Å². The Hall–Kier alpha value is -4.52. The number of carbonyl (C=O) groups excluding carboxylic acids is 2. The van der Waals surface area contributed by atoms with E-state index in [-0.39, 0.29) is 11.3 Å². The standard InChI is InChI=1S/C29H25NO6/c1-16-11-12-17(2)21(13-16)30-25(18-7-5-9-20(14-18)34-3)24(27(32)29(30)33)26(31)23-15-19-8-6-10-22(35-4)28(19)36-23/h5-15,25,32H,1-4H3. The van der Waals surface area contributed by atoms with Gasteiger partial charge in [-0.3, -0.25) is 14.5 Å². The first-order valence-corrected chi connectivity index (χ1v) is 11.4. The number of anilines is 1. The van der Waals surface area contributed by atoms with E-state index in [0.29, 0.717) is 33.7 Å². The molecule has 182 valence electrons. The second-order valence-electron chi connectivity index (χ2n) is 8.72. The summed E-state index contributed by atoms with van der Waals surface area (Å²) in [5.74, 6) is -0.810. The number of carbonyl (C=O) groups is 2. The van der Waals surface area contributed by atoms with Crippen LogP contribution in [0.5, 0.6) is 11.5 Å². The molecule has 0 radical (unpaired) electrons. The molecule has 5 rings (SSSR count). The normalized spacial score (nSPS) is 15.6. The van der Waals surface area contributed by atoms with Crippen LogP contribution >= 0.6 is 0 Å². The van der Waals surface area contributed by atoms with Crippen LogP contribution in [0.15, 0.2) is 82.5 Å². The highest BCUT2D eigenvalue weighted by molar-refractivity contribution is 6.21. The molecule has 2 heterocycles. The van der Waals surface area contributed by atoms with Gasteiger partial charge in [-0.05, 0) is 60.9 Å². The Morgan fingerprint density at radius 1 is 0.972 bits per heavy atom. The van der Waals surface area contributed by atoms with Gasteiger partial charge in [-0.15, -0.1) is 0 Å². The van der Waals surface area contributed by atoms with E-state index in [1.165, 1.54) is 12.0 Å². The summed E-state index contributed by atoms with van der Waals surface area (Å²) in [5.41, 5.74) is 3.34. The van der Waals surface area contributed by atoms with Gasteiger partial charge < -0.3 is 19.0 Å². The van der Waals surface area contributed by atoms with Crippen molar-refractivity contribution in [3.63, 3.8) is 0 Å². The van der Waals surface area contributed by atoms with Gasteiger partial charge in [0.2, 0.25) is 5.78 Å². The molecule has 7 heteroatoms. The third kappa shape index (κ3) is 3.69. The van der Waals surface area contributed by atoms with Crippen LogP contribution in [0, 0.1) is 13.8 Å². The SMILES string of the molecule is COc1cccc(C2C(C(=O)c3cc4cccc(OC)c4o3)=C(O)C(=O)N2c2cc(C)ccc2C)c1. The van der Waals surface area contributed by atoms with Crippen LogP contribution in [-0.4, -0.2) is 31.0 Å². The predicted octanol–water partition coefficient (Wildman–Crippen LogP) is 5.85. The number of fused-ring (bicyclic) bond motifs is 1. The van der Waals surface area contributed by atoms with Crippen molar-refractivity contribution in [2.24, 2.45) is 0 Å². The lowest BCUT2D eigenvalue weighted by Crippen LogP contribution is -2.31. The Morgan fingerprint density at radius 3 is 2.50 bits per heavy atom. The highest BCUT2D eigenvalue weighted by Gasteiger charge is 2.46. The largest absolute Gasteiger partial charge is 0.503 e. The molecule has 1 unspecified atom stereocenters. The first-order chi connectivity index (χ1) is 17.3. The number of ether oxygens (including phenoxy) is 2. The quantitative estimate of drug-likeness (QED) is 0.346. The molecule has 1 aliphatic heterocycles. The molecule has 0 fully saturated rings. The average molecular weight is 484 g/mol. The van der Waals surface area contributed by atoms with Gasteiger partial charge >= 0.3 is 0 Å². The summed E-state index contributed by atoms with van der Waals surface area (Å²) in [7, 11) is 3.06. The molecule has 1 amide bonds. The first-order valence-electron chi connectivity index (χ1n) is 11.4. The van der Waals surface area contributed by atoms with Gasteiger partial charge in [0, 0.05) is 11.1 Å². The number of ketones is 1. The van der Waals surface area contributed by atoms with E-state index >= 15 is 0 Å². The van der Waals surface area contributed by atoms with E-state index in [2.05, 4.69) is 0 Å². The minimum absolute atomic E-state index is 0.000407. The number of hydrogen-bond acceptors (Lipinski definition) is 6. The van der Waals surface area contributed by atoms with E-state index in [1.807, 2.05) is 32.0 Å². The number of rotatable bonds is 6. The Bertz CT molecular complexity index is 1550. The fourth-order valence-electron chi connectivity index (χ4n) is 4.63. The first kappa shape index (κ1) is 23.2. The van der Waals surface area contributed by atoms with Crippen molar-refractivity contribution in [3.8, 4) is 11.5 Å². The monoisotopic (exact) mass is 483 g/mol. The topological polar surface area (TPSA) is 89.2 Å². The number of Topliss-reactive ketones (excluding diaryl/α,β-unsaturated/α-hetero) is 1. The third-order valence-electron chi connectivity index (χ3n) is 6.44. The summed E-state index contributed by atoms with van der Waals surface area (Å²) in [6.45, 7) is 3.80. The third-order valence-corrected chi connectivity index (χ3v) is 6.44. The fourth-order valence-corrected chi connectivity index (χ4v) is 4.63. The highest BCUT2D eigenvalue weighted by atomic mass is 16.5. The summed E-state index contributed by atoms with van der Waals surface area (Å²) in [6.07, 6.45) is 0. The van der Waals surface area contributed by atoms with Crippen molar-refractivity contribution in [1.29, 1.82) is 0 Å². The minimum Gasteiger partial charge on any atom is -0.503 e. The van der Waals surface area contributed by atoms with Crippen LogP contribution in [-0.2, 0) is 4.79 Å². The molecule has 1 N–H and O–H groups in total. The average Bonchev–Trinajstić information content (AvgIpc) is 3.44. The van der Waals surface area contributed by atoms with Gasteiger partial charge in [-0.25, -0.2) is 0 Å². The lowest BCUT2D eigenvalue weighted by atomic mass is 9.94. The number of methoxy groups -OCH3 is 2. The molecule has 1 atom stereocenters. The van der Waals surface area contributed by atoms with E-state index in [1.54, 1.807) is 55.6 Å². The van der Waals surface area contributed by atoms with Crippen LogP contribution in [0.3, 0.4) is 0 Å². The predicted molar refractivity (Wildman–Crippen MR) is 136 cm³/mol. The van der Waals surface area contributed by atoms with E-state index in [9.17, 15) is 14.7 Å². The van der Waals surface area contributed by atoms with E-state index in [4.69, 9.17) is 13.9 Å². The Morgan fingerprint density at radius 2 is 1.75 bits per heavy atom. The van der Waals surface area contributed by atoms with Crippen molar-refractivity contribution in [2.45, 2.75) is 19.9 Å². The molecule has 1 aliphatic rings. The minimum atomic E-state index is -0.893. The van der Waals surface area contributed by atoms with Gasteiger partial charge in [0.15, 0.2) is 22.9 Å². The molecule has 1 aromatic heterocycles. The maximum Gasteiger partial charge on any atom is 0.294 e. The Balaban J connectivity index is 1.70. The summed E-state index contributed by atoms with van der Waals surface area (Å²) in [4.78, 5) is 28.8. The van der Waals surface area contributed by atoms with Crippen LogP contribution in [0.2, 0.25) is 0 Å². The van der Waals surface area contributed by atoms with Gasteiger partial charge in [-0.1, -0.05) is 36.4 Å². The van der Waals surface area contributed by atoms with Gasteiger partial charge in [-0.2, -0.15) is 0 Å². The molecular formula is C29H25NO6. The zero-order valence-corrected chi connectivity index (χ0v) is 20.4. The molecule has 3 aromatic carbocycles. The van der Waals surface area contributed by atoms with Gasteiger partial charge in [0.1, 0.15) is 5.75 Å². The van der Waals surface area contributed by atoms with Crippen molar-refractivity contribution >= 4 is 28.3 Å². The molecule has 36 heavy (non-hydrogen) atoms. The molecule has 4 aromatic rings. The van der Waals surface area contributed by atoms with Gasteiger partial charge in [0.05, 0.1) is 25.8 Å². The van der Waals surface area contributed by atoms with Crippen LogP contribution < -0.4 is 14.4 Å². The van der Waals surface area contributed by atoms with Crippen molar-refractivity contribution in [1.82, 2.24) is 0 Å². The van der Waals surface area contributed by atoms with E-state index in [0.717, 1.165) is 11.1 Å². The molecule has 0 spiro atoms. The van der Waals surface area contributed by atoms with Gasteiger partial charge in [0.25, 0.3) is 5.91 Å². The zero-order chi connectivity index (χ0) is 25.6. The number of aliphatic hydroxyl groups excluding tert-OH is 1. The zero-order valence-electron chi connectivity index (χ0n) is 20.4. The fraction of sp³-hybridized carbons (Fsp3) is 0.172. The number of aryl methyl sites for hydroxylation is 2. The molecule has 0 aliphatic carbocycles. The number of nitrogens with zero attached hydrogens (tertiary/aromatic N) is 1. The summed E-state index contributed by atoms with van der Waals surface area (Å²) >= 11 is 0.